The second-order valence-electron chi connectivity index (χ2n) is 6.95. The molecule has 0 radical (unpaired) electrons. The van der Waals surface area contributed by atoms with Gasteiger partial charge in [-0.05, 0) is 38.0 Å². The predicted octanol–water partition coefficient (Wildman–Crippen LogP) is 2.04. The maximum Gasteiger partial charge on any atom is 0.334 e. The third-order valence-corrected chi connectivity index (χ3v) is 5.87. The highest BCUT2D eigenvalue weighted by molar-refractivity contribution is 5.94. The van der Waals surface area contributed by atoms with E-state index in [1.165, 1.54) is 6.92 Å². The quantitative estimate of drug-likeness (QED) is 0.577. The summed E-state index contributed by atoms with van der Waals surface area (Å²) in [5, 5.41) is 0. The van der Waals surface area contributed by atoms with Gasteiger partial charge in [-0.25, -0.2) is 4.79 Å². The first-order chi connectivity index (χ1) is 10.4. The minimum absolute atomic E-state index is 0.0908. The lowest BCUT2D eigenvalue weighted by Crippen LogP contribution is -2.45. The van der Waals surface area contributed by atoms with E-state index in [2.05, 4.69) is 6.58 Å². The summed E-state index contributed by atoms with van der Waals surface area (Å²) in [5.74, 6) is -0.376. The van der Waals surface area contributed by atoms with Gasteiger partial charge in [0, 0.05) is 24.8 Å². The first-order valence-electron chi connectivity index (χ1n) is 7.92. The summed E-state index contributed by atoms with van der Waals surface area (Å²) in [5.41, 5.74) is -0.195. The van der Waals surface area contributed by atoms with Crippen molar-refractivity contribution in [1.82, 2.24) is 0 Å². The minimum Gasteiger partial charge on any atom is -0.466 e. The Labute approximate surface area is 130 Å². The second kappa shape index (κ2) is 5.21. The van der Waals surface area contributed by atoms with Gasteiger partial charge in [0.2, 0.25) is 0 Å². The van der Waals surface area contributed by atoms with Crippen LogP contribution in [0.2, 0.25) is 0 Å². The lowest BCUT2D eigenvalue weighted by Gasteiger charge is -2.37. The molecule has 0 aromatic heterocycles. The van der Waals surface area contributed by atoms with Crippen molar-refractivity contribution < 1.29 is 23.9 Å². The van der Waals surface area contributed by atoms with Crippen LogP contribution >= 0.6 is 0 Å². The number of hydrogen-bond donors (Lipinski definition) is 0. The molecule has 0 aromatic rings. The standard InChI is InChI=1S/C17H22O5/c1-9-12-5-4-11(8-21-10(2)18)13-6-7-14(19)17(13,3)15(12)22-16(9)20/h11-13,15H,1,4-8H2,2-3H3. The molecule has 5 atom stereocenters. The Hall–Kier alpha value is -1.65. The Kier molecular flexibility index (Phi) is 3.62. The van der Waals surface area contributed by atoms with Gasteiger partial charge < -0.3 is 9.47 Å². The summed E-state index contributed by atoms with van der Waals surface area (Å²) < 4.78 is 10.8. The average Bonchev–Trinajstić information content (AvgIpc) is 2.87. The van der Waals surface area contributed by atoms with E-state index in [0.29, 0.717) is 18.6 Å². The number of esters is 2. The zero-order chi connectivity index (χ0) is 16.1. The summed E-state index contributed by atoms with van der Waals surface area (Å²) >= 11 is 0. The van der Waals surface area contributed by atoms with Gasteiger partial charge in [0.05, 0.1) is 12.0 Å². The number of ketones is 1. The molecule has 5 heteroatoms. The third kappa shape index (κ3) is 2.09. The molecule has 1 saturated heterocycles. The SMILES string of the molecule is C=C1C(=O)OC2C1CCC(COC(C)=O)C1CCC(=O)C12C. The lowest BCUT2D eigenvalue weighted by atomic mass is 9.68. The van der Waals surface area contributed by atoms with Gasteiger partial charge >= 0.3 is 11.9 Å². The van der Waals surface area contributed by atoms with Crippen molar-refractivity contribution in [1.29, 1.82) is 0 Å². The number of fused-ring (bicyclic) bond motifs is 3. The van der Waals surface area contributed by atoms with Crippen LogP contribution in [0.5, 0.6) is 0 Å². The Morgan fingerprint density at radius 3 is 2.77 bits per heavy atom. The lowest BCUT2D eigenvalue weighted by molar-refractivity contribution is -0.152. The van der Waals surface area contributed by atoms with Gasteiger partial charge in [-0.15, -0.1) is 0 Å². The molecule has 3 rings (SSSR count). The van der Waals surface area contributed by atoms with E-state index in [1.54, 1.807) is 0 Å². The van der Waals surface area contributed by atoms with Gasteiger partial charge in [0.25, 0.3) is 0 Å². The largest absolute Gasteiger partial charge is 0.466 e. The summed E-state index contributed by atoms with van der Waals surface area (Å²) in [6.45, 7) is 7.51. The van der Waals surface area contributed by atoms with Crippen molar-refractivity contribution in [2.45, 2.75) is 45.6 Å². The molecule has 5 nitrogen and oxygen atoms in total. The highest BCUT2D eigenvalue weighted by Crippen LogP contribution is 2.56. The molecule has 0 amide bonds. The van der Waals surface area contributed by atoms with Crippen LogP contribution in [-0.4, -0.2) is 30.4 Å². The van der Waals surface area contributed by atoms with Crippen molar-refractivity contribution in [3.05, 3.63) is 12.2 Å². The molecule has 1 aliphatic heterocycles. The van der Waals surface area contributed by atoms with Gasteiger partial charge in [0.15, 0.2) is 0 Å². The summed E-state index contributed by atoms with van der Waals surface area (Å²) in [7, 11) is 0. The first-order valence-corrected chi connectivity index (χ1v) is 7.92. The van der Waals surface area contributed by atoms with Crippen LogP contribution in [0, 0.1) is 23.2 Å². The van der Waals surface area contributed by atoms with E-state index < -0.39 is 11.5 Å². The molecular weight excluding hydrogens is 284 g/mol. The summed E-state index contributed by atoms with van der Waals surface area (Å²) in [6, 6.07) is 0. The highest BCUT2D eigenvalue weighted by atomic mass is 16.6. The van der Waals surface area contributed by atoms with E-state index in [1.807, 2.05) is 6.92 Å². The van der Waals surface area contributed by atoms with Crippen LogP contribution in [0.15, 0.2) is 12.2 Å². The maximum absolute atomic E-state index is 12.6. The molecule has 3 fully saturated rings. The molecule has 0 bridgehead atoms. The zero-order valence-corrected chi connectivity index (χ0v) is 13.1. The topological polar surface area (TPSA) is 69.7 Å². The molecule has 5 unspecified atom stereocenters. The number of hydrogen-bond acceptors (Lipinski definition) is 5. The molecule has 2 aliphatic carbocycles. The molecule has 120 valence electrons. The van der Waals surface area contributed by atoms with Crippen LogP contribution in [0.3, 0.4) is 0 Å². The van der Waals surface area contributed by atoms with Gasteiger partial charge in [-0.1, -0.05) is 6.58 Å². The normalized spacial score (nSPS) is 40.7. The number of ether oxygens (including phenoxy) is 2. The number of carbonyl (C=O) groups is 3. The molecular formula is C17H22O5. The van der Waals surface area contributed by atoms with Crippen molar-refractivity contribution in [2.75, 3.05) is 6.61 Å². The van der Waals surface area contributed by atoms with Gasteiger partial charge in [-0.3, -0.25) is 9.59 Å². The maximum atomic E-state index is 12.6. The average molecular weight is 306 g/mol. The fraction of sp³-hybridized carbons (Fsp3) is 0.706. The van der Waals surface area contributed by atoms with E-state index in [-0.39, 0.29) is 35.5 Å². The molecule has 0 aromatic carbocycles. The number of carbonyl (C=O) groups excluding carboxylic acids is 3. The van der Waals surface area contributed by atoms with Crippen molar-refractivity contribution in [3.8, 4) is 0 Å². The smallest absolute Gasteiger partial charge is 0.334 e. The predicted molar refractivity (Wildman–Crippen MR) is 77.7 cm³/mol. The van der Waals surface area contributed by atoms with Gasteiger partial charge in [-0.2, -0.15) is 0 Å². The highest BCUT2D eigenvalue weighted by Gasteiger charge is 2.61. The third-order valence-electron chi connectivity index (χ3n) is 5.87. The minimum atomic E-state index is -0.679. The van der Waals surface area contributed by atoms with Crippen molar-refractivity contribution >= 4 is 17.7 Å². The van der Waals surface area contributed by atoms with E-state index in [0.717, 1.165) is 19.3 Å². The molecule has 22 heavy (non-hydrogen) atoms. The Bertz CT molecular complexity index is 551. The van der Waals surface area contributed by atoms with E-state index in [9.17, 15) is 14.4 Å². The monoisotopic (exact) mass is 306 g/mol. The number of Topliss-reactive ketones (excluding diaryl/α,β-unsaturated/α-hetero) is 1. The van der Waals surface area contributed by atoms with E-state index in [4.69, 9.17) is 9.47 Å². The number of rotatable bonds is 2. The summed E-state index contributed by atoms with van der Waals surface area (Å²) in [6.07, 6.45) is 2.44. The summed E-state index contributed by atoms with van der Waals surface area (Å²) in [4.78, 5) is 35.6. The fourth-order valence-corrected chi connectivity index (χ4v) is 4.65. The molecule has 0 spiro atoms. The molecule has 0 N–H and O–H groups in total. The molecule has 2 saturated carbocycles. The molecule has 1 heterocycles. The van der Waals surface area contributed by atoms with Crippen LogP contribution in [0.25, 0.3) is 0 Å². The molecule has 3 aliphatic rings. The zero-order valence-electron chi connectivity index (χ0n) is 13.1. The Morgan fingerprint density at radius 1 is 1.36 bits per heavy atom. The Morgan fingerprint density at radius 2 is 2.09 bits per heavy atom. The second-order valence-corrected chi connectivity index (χ2v) is 6.95. The van der Waals surface area contributed by atoms with Crippen molar-refractivity contribution in [2.24, 2.45) is 23.2 Å². The Balaban J connectivity index is 1.93. The van der Waals surface area contributed by atoms with Crippen molar-refractivity contribution in [3.63, 3.8) is 0 Å². The van der Waals surface area contributed by atoms with Crippen LogP contribution in [-0.2, 0) is 23.9 Å². The first kappa shape index (κ1) is 15.3. The van der Waals surface area contributed by atoms with Crippen LogP contribution in [0.1, 0.15) is 39.5 Å². The van der Waals surface area contributed by atoms with Crippen LogP contribution < -0.4 is 0 Å². The van der Waals surface area contributed by atoms with Crippen LogP contribution in [0.4, 0.5) is 0 Å². The fourth-order valence-electron chi connectivity index (χ4n) is 4.65. The van der Waals surface area contributed by atoms with Gasteiger partial charge in [0.1, 0.15) is 11.9 Å². The van der Waals surface area contributed by atoms with E-state index >= 15 is 0 Å².